The van der Waals surface area contributed by atoms with E-state index in [0.29, 0.717) is 24.7 Å². The third-order valence-electron chi connectivity index (χ3n) is 7.98. The van der Waals surface area contributed by atoms with Crippen molar-refractivity contribution in [3.8, 4) is 0 Å². The fourth-order valence-electron chi connectivity index (χ4n) is 6.60. The summed E-state index contributed by atoms with van der Waals surface area (Å²) in [6.45, 7) is 6.02. The molecule has 3 aliphatic carbocycles. The van der Waals surface area contributed by atoms with Crippen LogP contribution in [0.4, 0.5) is 0 Å². The lowest BCUT2D eigenvalue weighted by molar-refractivity contribution is -0.136. The topological polar surface area (TPSA) is 98.0 Å². The predicted molar refractivity (Wildman–Crippen MR) is 103 cm³/mol. The number of hydrogen-bond donors (Lipinski definition) is 4. The van der Waals surface area contributed by atoms with Gasteiger partial charge >= 0.3 is 0 Å². The van der Waals surface area contributed by atoms with Crippen LogP contribution < -0.4 is 0 Å². The van der Waals surface area contributed by atoms with Crippen LogP contribution >= 0.6 is 0 Å². The Balaban J connectivity index is 1.85. The van der Waals surface area contributed by atoms with Gasteiger partial charge in [-0.3, -0.25) is 4.79 Å². The maximum atomic E-state index is 11.6. The Hall–Kier alpha value is -0.750. The van der Waals surface area contributed by atoms with Crippen LogP contribution in [0, 0.1) is 28.6 Å². The Bertz CT molecular complexity index is 598. The first kappa shape index (κ1) is 21.0. The van der Waals surface area contributed by atoms with Crippen molar-refractivity contribution in [2.45, 2.75) is 84.0 Å². The molecule has 0 aromatic heterocycles. The van der Waals surface area contributed by atoms with E-state index in [1.807, 2.05) is 6.08 Å². The fraction of sp³-hybridized carbons (Fsp3) is 0.864. The van der Waals surface area contributed by atoms with E-state index < -0.39 is 18.5 Å². The lowest BCUT2D eigenvalue weighted by atomic mass is 9.46. The second-order valence-electron chi connectivity index (χ2n) is 10.0. The van der Waals surface area contributed by atoms with Crippen LogP contribution in [-0.4, -0.2) is 51.1 Å². The van der Waals surface area contributed by atoms with E-state index in [0.717, 1.165) is 32.1 Å². The smallest absolute Gasteiger partial charge is 0.186 e. The fourth-order valence-corrected chi connectivity index (χ4v) is 6.60. The number of carbonyl (C=O) groups excluding carboxylic acids is 1. The molecule has 0 aromatic rings. The molecule has 6 unspecified atom stereocenters. The number of fused-ring (bicyclic) bond motifs is 3. The minimum atomic E-state index is -1.10. The Morgan fingerprint density at radius 1 is 1.26 bits per heavy atom. The first-order valence-corrected chi connectivity index (χ1v) is 10.5. The normalized spacial score (nSPS) is 41.9. The van der Waals surface area contributed by atoms with Crippen LogP contribution in [-0.2, 0) is 4.79 Å². The van der Waals surface area contributed by atoms with Crippen molar-refractivity contribution in [1.82, 2.24) is 0 Å². The van der Waals surface area contributed by atoms with Gasteiger partial charge in [0, 0.05) is 0 Å². The summed E-state index contributed by atoms with van der Waals surface area (Å²) in [7, 11) is 0. The first-order valence-electron chi connectivity index (χ1n) is 10.5. The standard InChI is InChI=1S/C22H36O5/c1-21(2)11-18(26)20-15(16(21)6-7-17(25)19(27)12-23)5-4-13-10-14(24)8-9-22(13,20)3/h10,14-18,20,23-26H,4-9,11-12H2,1-3H3/t14?,15?,16?,17?,18?,20?,22-/m0/s1. The molecule has 154 valence electrons. The summed E-state index contributed by atoms with van der Waals surface area (Å²) in [6, 6.07) is 0. The van der Waals surface area contributed by atoms with Crippen molar-refractivity contribution in [1.29, 1.82) is 0 Å². The van der Waals surface area contributed by atoms with Crippen molar-refractivity contribution < 1.29 is 25.2 Å². The maximum Gasteiger partial charge on any atom is 0.186 e. The summed E-state index contributed by atoms with van der Waals surface area (Å²) < 4.78 is 0. The van der Waals surface area contributed by atoms with Gasteiger partial charge in [-0.15, -0.1) is 0 Å². The molecule has 2 fully saturated rings. The minimum absolute atomic E-state index is 0.0612. The molecule has 2 saturated carbocycles. The summed E-state index contributed by atoms with van der Waals surface area (Å²) in [4.78, 5) is 11.6. The SMILES string of the molecule is CC1(C)CC(O)C2C(CCC3=CC(O)CC[C@@]32C)C1CCC(O)C(=O)CO. The van der Waals surface area contributed by atoms with Gasteiger partial charge in [-0.25, -0.2) is 0 Å². The molecule has 4 N–H and O–H groups in total. The maximum absolute atomic E-state index is 11.6. The zero-order chi connectivity index (χ0) is 20.0. The highest BCUT2D eigenvalue weighted by Gasteiger charge is 2.57. The Morgan fingerprint density at radius 3 is 2.63 bits per heavy atom. The molecule has 0 radical (unpaired) electrons. The molecule has 0 aromatic carbocycles. The zero-order valence-electron chi connectivity index (χ0n) is 16.9. The van der Waals surface area contributed by atoms with Crippen LogP contribution in [0.3, 0.4) is 0 Å². The van der Waals surface area contributed by atoms with Gasteiger partial charge in [0.25, 0.3) is 0 Å². The number of aliphatic hydroxyl groups excluding tert-OH is 4. The Kier molecular flexibility index (Phi) is 5.89. The molecule has 3 rings (SSSR count). The van der Waals surface area contributed by atoms with Crippen LogP contribution in [0.1, 0.15) is 65.7 Å². The average molecular weight is 381 g/mol. The lowest BCUT2D eigenvalue weighted by Gasteiger charge is -2.60. The highest BCUT2D eigenvalue weighted by Crippen LogP contribution is 2.62. The van der Waals surface area contributed by atoms with Gasteiger partial charge in [0.1, 0.15) is 12.7 Å². The Labute approximate surface area is 162 Å². The van der Waals surface area contributed by atoms with Gasteiger partial charge in [-0.05, 0) is 73.5 Å². The molecule has 0 bridgehead atoms. The minimum Gasteiger partial charge on any atom is -0.393 e. The first-order chi connectivity index (χ1) is 12.6. The molecule has 3 aliphatic rings. The lowest BCUT2D eigenvalue weighted by Crippen LogP contribution is -2.56. The third kappa shape index (κ3) is 3.76. The van der Waals surface area contributed by atoms with E-state index in [-0.39, 0.29) is 29.0 Å². The highest BCUT2D eigenvalue weighted by atomic mass is 16.3. The summed E-state index contributed by atoms with van der Waals surface area (Å²) >= 11 is 0. The van der Waals surface area contributed by atoms with Gasteiger partial charge in [0.15, 0.2) is 5.78 Å². The molecule has 0 heterocycles. The zero-order valence-corrected chi connectivity index (χ0v) is 16.9. The highest BCUT2D eigenvalue weighted by molar-refractivity contribution is 5.83. The number of carbonyl (C=O) groups is 1. The van der Waals surface area contributed by atoms with E-state index in [9.17, 15) is 20.1 Å². The molecule has 0 saturated heterocycles. The predicted octanol–water partition coefficient (Wildman–Crippen LogP) is 2.21. The average Bonchev–Trinajstić information content (AvgIpc) is 2.59. The number of hydrogen-bond acceptors (Lipinski definition) is 5. The number of allylic oxidation sites excluding steroid dienone is 1. The summed E-state index contributed by atoms with van der Waals surface area (Å²) in [6.07, 6.45) is 5.57. The molecular weight excluding hydrogens is 344 g/mol. The van der Waals surface area contributed by atoms with Crippen LogP contribution in [0.15, 0.2) is 11.6 Å². The third-order valence-corrected chi connectivity index (χ3v) is 7.98. The van der Waals surface area contributed by atoms with E-state index in [1.54, 1.807) is 0 Å². The van der Waals surface area contributed by atoms with Gasteiger partial charge < -0.3 is 20.4 Å². The van der Waals surface area contributed by atoms with Gasteiger partial charge in [-0.1, -0.05) is 32.4 Å². The van der Waals surface area contributed by atoms with Crippen molar-refractivity contribution in [2.75, 3.05) is 6.61 Å². The van der Waals surface area contributed by atoms with Crippen LogP contribution in [0.5, 0.6) is 0 Å². The van der Waals surface area contributed by atoms with Crippen LogP contribution in [0.2, 0.25) is 0 Å². The molecule has 0 amide bonds. The van der Waals surface area contributed by atoms with Gasteiger partial charge in [-0.2, -0.15) is 0 Å². The van der Waals surface area contributed by atoms with Gasteiger partial charge in [0.2, 0.25) is 0 Å². The van der Waals surface area contributed by atoms with Crippen molar-refractivity contribution in [3.63, 3.8) is 0 Å². The van der Waals surface area contributed by atoms with E-state index in [4.69, 9.17) is 5.11 Å². The molecular formula is C22H36O5. The summed E-state index contributed by atoms with van der Waals surface area (Å²) in [5.41, 5.74) is 1.17. The summed E-state index contributed by atoms with van der Waals surface area (Å²) in [5, 5.41) is 40.2. The monoisotopic (exact) mass is 380 g/mol. The number of ketones is 1. The second kappa shape index (κ2) is 7.58. The number of aliphatic hydroxyl groups is 4. The van der Waals surface area contributed by atoms with E-state index in [1.165, 1.54) is 5.57 Å². The Morgan fingerprint density at radius 2 is 1.96 bits per heavy atom. The number of Topliss-reactive ketones (excluding diaryl/α,β-unsaturated/α-hetero) is 1. The van der Waals surface area contributed by atoms with Gasteiger partial charge in [0.05, 0.1) is 12.2 Å². The van der Waals surface area contributed by atoms with Crippen molar-refractivity contribution in [2.24, 2.45) is 28.6 Å². The van der Waals surface area contributed by atoms with Crippen molar-refractivity contribution >= 4 is 5.78 Å². The molecule has 27 heavy (non-hydrogen) atoms. The second-order valence-corrected chi connectivity index (χ2v) is 10.0. The van der Waals surface area contributed by atoms with E-state index in [2.05, 4.69) is 20.8 Å². The summed E-state index contributed by atoms with van der Waals surface area (Å²) in [5.74, 6) is 0.311. The number of rotatable bonds is 5. The molecule has 0 aliphatic heterocycles. The molecule has 7 atom stereocenters. The molecule has 5 heteroatoms. The van der Waals surface area contributed by atoms with Crippen molar-refractivity contribution in [3.05, 3.63) is 11.6 Å². The quantitative estimate of drug-likeness (QED) is 0.548. The van der Waals surface area contributed by atoms with Crippen LogP contribution in [0.25, 0.3) is 0 Å². The molecule has 0 spiro atoms. The van der Waals surface area contributed by atoms with E-state index >= 15 is 0 Å². The molecule has 5 nitrogen and oxygen atoms in total. The largest absolute Gasteiger partial charge is 0.393 e.